The number of aliphatic hydroxyl groups excluding tert-OH is 1. The van der Waals surface area contributed by atoms with E-state index in [-0.39, 0.29) is 24.1 Å². The van der Waals surface area contributed by atoms with Crippen molar-refractivity contribution in [3.63, 3.8) is 0 Å². The average molecular weight is 245 g/mol. The quantitative estimate of drug-likeness (QED) is 0.790. The summed E-state index contributed by atoms with van der Waals surface area (Å²) in [7, 11) is 1.48. The molecule has 0 bridgehead atoms. The van der Waals surface area contributed by atoms with Crippen molar-refractivity contribution in [1.82, 2.24) is 10.3 Å². The van der Waals surface area contributed by atoms with E-state index in [0.717, 1.165) is 0 Å². The molecule has 0 aliphatic rings. The molecule has 0 aliphatic heterocycles. The molecule has 2 N–H and O–H groups in total. The fourth-order valence-electron chi connectivity index (χ4n) is 1.12. The minimum absolute atomic E-state index is 0.116. The fourth-order valence-corrected chi connectivity index (χ4v) is 1.32. The molecule has 0 spiro atoms. The van der Waals surface area contributed by atoms with Gasteiger partial charge in [0.25, 0.3) is 5.91 Å². The topological polar surface area (TPSA) is 71.5 Å². The van der Waals surface area contributed by atoms with Crippen molar-refractivity contribution >= 4 is 17.5 Å². The van der Waals surface area contributed by atoms with E-state index in [0.29, 0.717) is 5.56 Å². The number of aliphatic hydroxyl groups is 1. The van der Waals surface area contributed by atoms with Gasteiger partial charge in [0, 0.05) is 26.0 Å². The summed E-state index contributed by atoms with van der Waals surface area (Å²) in [5, 5.41) is 12.2. The molecule has 1 unspecified atom stereocenters. The highest BCUT2D eigenvalue weighted by Gasteiger charge is 2.11. The van der Waals surface area contributed by atoms with Crippen LogP contribution in [0.3, 0.4) is 0 Å². The maximum Gasteiger partial charge on any atom is 0.253 e. The predicted molar refractivity (Wildman–Crippen MR) is 59.5 cm³/mol. The molecule has 16 heavy (non-hydrogen) atoms. The van der Waals surface area contributed by atoms with Gasteiger partial charge in [-0.2, -0.15) is 0 Å². The second-order valence-corrected chi connectivity index (χ2v) is 3.58. The molecule has 1 aromatic heterocycles. The largest absolute Gasteiger partial charge is 0.389 e. The molecule has 1 aromatic rings. The number of methoxy groups -OCH3 is 1. The van der Waals surface area contributed by atoms with Crippen molar-refractivity contribution in [3.05, 3.63) is 29.0 Å². The average Bonchev–Trinajstić information content (AvgIpc) is 2.27. The lowest BCUT2D eigenvalue weighted by atomic mass is 10.2. The number of amides is 1. The molecular formula is C10H13ClN2O3. The van der Waals surface area contributed by atoms with Crippen molar-refractivity contribution in [2.45, 2.75) is 6.10 Å². The zero-order valence-electron chi connectivity index (χ0n) is 8.81. The van der Waals surface area contributed by atoms with Gasteiger partial charge in [-0.25, -0.2) is 0 Å². The van der Waals surface area contributed by atoms with Crippen LogP contribution in [0.25, 0.3) is 0 Å². The maximum absolute atomic E-state index is 11.6. The van der Waals surface area contributed by atoms with E-state index in [9.17, 15) is 9.90 Å². The number of carbonyl (C=O) groups excluding carboxylic acids is 1. The first-order chi connectivity index (χ1) is 7.65. The summed E-state index contributed by atoms with van der Waals surface area (Å²) in [6, 6.07) is 1.51. The maximum atomic E-state index is 11.6. The van der Waals surface area contributed by atoms with Gasteiger partial charge in [-0.3, -0.25) is 9.78 Å². The lowest BCUT2D eigenvalue weighted by Crippen LogP contribution is -2.34. The Bertz CT molecular complexity index is 360. The molecule has 1 rings (SSSR count). The van der Waals surface area contributed by atoms with E-state index in [1.54, 1.807) is 0 Å². The third-order valence-electron chi connectivity index (χ3n) is 1.87. The standard InChI is InChI=1S/C10H13ClN2O3/c1-16-6-7(14)4-13-10(15)8-2-3-12-5-9(8)11/h2-3,5,7,14H,4,6H2,1H3,(H,13,15). The number of nitrogens with zero attached hydrogens (tertiary/aromatic N) is 1. The van der Waals surface area contributed by atoms with Crippen LogP contribution < -0.4 is 5.32 Å². The van der Waals surface area contributed by atoms with Crippen LogP contribution in [0.5, 0.6) is 0 Å². The highest BCUT2D eigenvalue weighted by atomic mass is 35.5. The summed E-state index contributed by atoms with van der Waals surface area (Å²) < 4.78 is 4.73. The van der Waals surface area contributed by atoms with Crippen LogP contribution in [0.2, 0.25) is 5.02 Å². The number of aromatic nitrogens is 1. The first-order valence-corrected chi connectivity index (χ1v) is 5.07. The van der Waals surface area contributed by atoms with Crippen LogP contribution in [0.15, 0.2) is 18.5 Å². The van der Waals surface area contributed by atoms with Gasteiger partial charge in [0.15, 0.2) is 0 Å². The number of nitrogens with one attached hydrogen (secondary N) is 1. The van der Waals surface area contributed by atoms with E-state index in [4.69, 9.17) is 16.3 Å². The van der Waals surface area contributed by atoms with E-state index in [1.807, 2.05) is 0 Å². The summed E-state index contributed by atoms with van der Waals surface area (Å²) in [6.45, 7) is 0.287. The predicted octanol–water partition coefficient (Wildman–Crippen LogP) is 0.472. The number of halogens is 1. The lowest BCUT2D eigenvalue weighted by molar-refractivity contribution is 0.0610. The highest BCUT2D eigenvalue weighted by molar-refractivity contribution is 6.33. The van der Waals surface area contributed by atoms with Crippen LogP contribution >= 0.6 is 11.6 Å². The van der Waals surface area contributed by atoms with E-state index < -0.39 is 6.10 Å². The minimum atomic E-state index is -0.727. The highest BCUT2D eigenvalue weighted by Crippen LogP contribution is 2.12. The third kappa shape index (κ3) is 3.77. The minimum Gasteiger partial charge on any atom is -0.389 e. The number of hydrogen-bond donors (Lipinski definition) is 2. The molecule has 1 amide bonds. The Morgan fingerprint density at radius 1 is 1.75 bits per heavy atom. The molecule has 0 aromatic carbocycles. The van der Waals surface area contributed by atoms with Crippen molar-refractivity contribution in [3.8, 4) is 0 Å². The molecule has 88 valence electrons. The molecular weight excluding hydrogens is 232 g/mol. The van der Waals surface area contributed by atoms with E-state index >= 15 is 0 Å². The number of ether oxygens (including phenoxy) is 1. The first-order valence-electron chi connectivity index (χ1n) is 4.70. The molecule has 0 fully saturated rings. The number of pyridine rings is 1. The number of carbonyl (C=O) groups is 1. The summed E-state index contributed by atoms with van der Waals surface area (Å²) in [5.74, 6) is -0.345. The summed E-state index contributed by atoms with van der Waals surface area (Å²) >= 11 is 5.79. The Morgan fingerprint density at radius 3 is 3.12 bits per heavy atom. The monoisotopic (exact) mass is 244 g/mol. The van der Waals surface area contributed by atoms with E-state index in [1.165, 1.54) is 25.6 Å². The molecule has 1 heterocycles. The Balaban J connectivity index is 2.50. The van der Waals surface area contributed by atoms with Gasteiger partial charge in [-0.1, -0.05) is 11.6 Å². The molecule has 5 nitrogen and oxygen atoms in total. The normalized spacial score (nSPS) is 12.2. The molecule has 6 heteroatoms. The second-order valence-electron chi connectivity index (χ2n) is 3.17. The Morgan fingerprint density at radius 2 is 2.50 bits per heavy atom. The van der Waals surface area contributed by atoms with Gasteiger partial charge in [0.05, 0.1) is 23.3 Å². The zero-order valence-corrected chi connectivity index (χ0v) is 9.57. The van der Waals surface area contributed by atoms with Crippen LogP contribution in [-0.2, 0) is 4.74 Å². The molecule has 0 radical (unpaired) electrons. The SMILES string of the molecule is COCC(O)CNC(=O)c1ccncc1Cl. The van der Waals surface area contributed by atoms with Gasteiger partial charge in [0.2, 0.25) is 0 Å². The van der Waals surface area contributed by atoms with Crippen LogP contribution in [-0.4, -0.2) is 42.4 Å². The van der Waals surface area contributed by atoms with Gasteiger partial charge in [-0.05, 0) is 6.07 Å². The van der Waals surface area contributed by atoms with Crippen molar-refractivity contribution in [2.75, 3.05) is 20.3 Å². The summed E-state index contributed by atoms with van der Waals surface area (Å²) in [4.78, 5) is 15.4. The summed E-state index contributed by atoms with van der Waals surface area (Å²) in [5.41, 5.74) is 0.335. The second kappa shape index (κ2) is 6.42. The Labute approximate surface area is 98.4 Å². The van der Waals surface area contributed by atoms with Gasteiger partial charge < -0.3 is 15.2 Å². The fraction of sp³-hybridized carbons (Fsp3) is 0.400. The van der Waals surface area contributed by atoms with Crippen molar-refractivity contribution < 1.29 is 14.6 Å². The number of hydrogen-bond acceptors (Lipinski definition) is 4. The van der Waals surface area contributed by atoms with Crippen molar-refractivity contribution in [1.29, 1.82) is 0 Å². The van der Waals surface area contributed by atoms with Crippen LogP contribution in [0.4, 0.5) is 0 Å². The zero-order chi connectivity index (χ0) is 12.0. The van der Waals surface area contributed by atoms with Crippen LogP contribution in [0, 0.1) is 0 Å². The van der Waals surface area contributed by atoms with Crippen molar-refractivity contribution in [2.24, 2.45) is 0 Å². The Hall–Kier alpha value is -1.17. The summed E-state index contributed by atoms with van der Waals surface area (Å²) in [6.07, 6.45) is 2.14. The number of rotatable bonds is 5. The van der Waals surface area contributed by atoms with Crippen LogP contribution in [0.1, 0.15) is 10.4 Å². The molecule has 0 saturated carbocycles. The Kier molecular flexibility index (Phi) is 5.18. The third-order valence-corrected chi connectivity index (χ3v) is 2.18. The van der Waals surface area contributed by atoms with Gasteiger partial charge >= 0.3 is 0 Å². The van der Waals surface area contributed by atoms with Gasteiger partial charge in [-0.15, -0.1) is 0 Å². The molecule has 0 saturated heterocycles. The van der Waals surface area contributed by atoms with E-state index in [2.05, 4.69) is 10.3 Å². The lowest BCUT2D eigenvalue weighted by Gasteiger charge is -2.11. The molecule has 1 atom stereocenters. The molecule has 0 aliphatic carbocycles. The first kappa shape index (κ1) is 12.9. The smallest absolute Gasteiger partial charge is 0.253 e. The van der Waals surface area contributed by atoms with Gasteiger partial charge in [0.1, 0.15) is 0 Å².